The fraction of sp³-hybridized carbons (Fsp3) is 0.800. The molecule has 0 saturated heterocycles. The van der Waals surface area contributed by atoms with E-state index in [1.165, 1.54) is 35.0 Å². The lowest BCUT2D eigenvalue weighted by Gasteiger charge is -2.25. The van der Waals surface area contributed by atoms with Gasteiger partial charge in [-0.15, -0.1) is 11.3 Å². The Labute approximate surface area is 121 Å². The van der Waals surface area contributed by atoms with Crippen LogP contribution >= 0.6 is 11.3 Å². The number of hydrogen-bond acceptors (Lipinski definition) is 4. The Morgan fingerprint density at radius 2 is 2.05 bits per heavy atom. The molecule has 0 bridgehead atoms. The smallest absolute Gasteiger partial charge is 0.185 e. The Morgan fingerprint density at radius 3 is 2.63 bits per heavy atom. The lowest BCUT2D eigenvalue weighted by Crippen LogP contribution is -2.29. The van der Waals surface area contributed by atoms with E-state index in [1.807, 2.05) is 11.3 Å². The highest BCUT2D eigenvalue weighted by atomic mass is 32.1. The average Bonchev–Trinajstić information content (AvgIpc) is 3.08. The van der Waals surface area contributed by atoms with Crippen LogP contribution in [0.3, 0.4) is 0 Å². The van der Waals surface area contributed by atoms with Crippen LogP contribution in [0.2, 0.25) is 0 Å². The highest BCUT2D eigenvalue weighted by Crippen LogP contribution is 2.28. The maximum atomic E-state index is 4.74. The van der Waals surface area contributed by atoms with Crippen LogP contribution in [0.25, 0.3) is 0 Å². The zero-order valence-electron chi connectivity index (χ0n) is 12.9. The SMILES string of the molecule is Cc1nc(N(C)C(C)CC(C)C)sc1CNC1CC1. The molecular weight excluding hydrogens is 254 g/mol. The van der Waals surface area contributed by atoms with E-state index in [4.69, 9.17) is 4.98 Å². The van der Waals surface area contributed by atoms with E-state index in [2.05, 4.69) is 45.0 Å². The van der Waals surface area contributed by atoms with E-state index in [0.29, 0.717) is 6.04 Å². The second-order valence-electron chi connectivity index (χ2n) is 6.25. The fourth-order valence-corrected chi connectivity index (χ4v) is 3.36. The van der Waals surface area contributed by atoms with Gasteiger partial charge in [0.1, 0.15) is 0 Å². The predicted octanol–water partition coefficient (Wildman–Crippen LogP) is 3.57. The first-order chi connectivity index (χ1) is 8.97. The van der Waals surface area contributed by atoms with Crippen molar-refractivity contribution in [2.24, 2.45) is 5.92 Å². The average molecular weight is 281 g/mol. The van der Waals surface area contributed by atoms with Crippen molar-refractivity contribution in [1.29, 1.82) is 0 Å². The molecule has 0 amide bonds. The van der Waals surface area contributed by atoms with E-state index in [1.54, 1.807) is 0 Å². The molecule has 1 unspecified atom stereocenters. The molecule has 1 saturated carbocycles. The molecule has 1 heterocycles. The maximum absolute atomic E-state index is 4.74. The van der Waals surface area contributed by atoms with Crippen LogP contribution in [0.4, 0.5) is 5.13 Å². The van der Waals surface area contributed by atoms with Gasteiger partial charge in [-0.05, 0) is 39.0 Å². The minimum atomic E-state index is 0.551. The van der Waals surface area contributed by atoms with Gasteiger partial charge in [0.25, 0.3) is 0 Å². The summed E-state index contributed by atoms with van der Waals surface area (Å²) in [6, 6.07) is 1.32. The molecule has 0 aromatic carbocycles. The number of aromatic nitrogens is 1. The van der Waals surface area contributed by atoms with Crippen LogP contribution in [0.5, 0.6) is 0 Å². The number of anilines is 1. The molecule has 1 atom stereocenters. The first kappa shape index (κ1) is 14.8. The van der Waals surface area contributed by atoms with Gasteiger partial charge in [-0.2, -0.15) is 0 Å². The van der Waals surface area contributed by atoms with Gasteiger partial charge in [-0.25, -0.2) is 4.98 Å². The lowest BCUT2D eigenvalue weighted by molar-refractivity contribution is 0.503. The van der Waals surface area contributed by atoms with Crippen LogP contribution in [0.15, 0.2) is 0 Å². The van der Waals surface area contributed by atoms with Crippen molar-refractivity contribution in [3.63, 3.8) is 0 Å². The molecule has 19 heavy (non-hydrogen) atoms. The van der Waals surface area contributed by atoms with Crippen molar-refractivity contribution < 1.29 is 0 Å². The van der Waals surface area contributed by atoms with E-state index in [9.17, 15) is 0 Å². The molecule has 0 radical (unpaired) electrons. The van der Waals surface area contributed by atoms with Gasteiger partial charge in [0.05, 0.1) is 5.69 Å². The highest BCUT2D eigenvalue weighted by molar-refractivity contribution is 7.15. The van der Waals surface area contributed by atoms with Crippen molar-refractivity contribution in [3.05, 3.63) is 10.6 Å². The van der Waals surface area contributed by atoms with Gasteiger partial charge in [0.2, 0.25) is 0 Å². The largest absolute Gasteiger partial charge is 0.348 e. The Bertz CT molecular complexity index is 410. The summed E-state index contributed by atoms with van der Waals surface area (Å²) in [6.07, 6.45) is 3.90. The number of rotatable bonds is 7. The summed E-state index contributed by atoms with van der Waals surface area (Å²) in [5.74, 6) is 0.731. The van der Waals surface area contributed by atoms with Gasteiger partial charge in [0.15, 0.2) is 5.13 Å². The van der Waals surface area contributed by atoms with Crippen molar-refractivity contribution >= 4 is 16.5 Å². The molecule has 1 aliphatic carbocycles. The summed E-state index contributed by atoms with van der Waals surface area (Å²) in [6.45, 7) is 9.97. The van der Waals surface area contributed by atoms with E-state index in [-0.39, 0.29) is 0 Å². The maximum Gasteiger partial charge on any atom is 0.185 e. The quantitative estimate of drug-likeness (QED) is 0.828. The molecule has 1 aromatic heterocycles. The Balaban J connectivity index is 1.96. The van der Waals surface area contributed by atoms with Crippen LogP contribution < -0.4 is 10.2 Å². The van der Waals surface area contributed by atoms with Crippen molar-refractivity contribution in [3.8, 4) is 0 Å². The molecule has 3 nitrogen and oxygen atoms in total. The summed E-state index contributed by atoms with van der Waals surface area (Å²) in [7, 11) is 2.17. The first-order valence-electron chi connectivity index (χ1n) is 7.40. The Hall–Kier alpha value is -0.610. The minimum absolute atomic E-state index is 0.551. The van der Waals surface area contributed by atoms with E-state index >= 15 is 0 Å². The summed E-state index contributed by atoms with van der Waals surface area (Å²) < 4.78 is 0. The number of hydrogen-bond donors (Lipinski definition) is 1. The van der Waals surface area contributed by atoms with Gasteiger partial charge < -0.3 is 10.2 Å². The highest BCUT2D eigenvalue weighted by Gasteiger charge is 2.22. The Morgan fingerprint density at radius 1 is 1.37 bits per heavy atom. The molecule has 1 N–H and O–H groups in total. The molecule has 108 valence electrons. The summed E-state index contributed by atoms with van der Waals surface area (Å²) in [5.41, 5.74) is 1.19. The standard InChI is InChI=1S/C15H27N3S/c1-10(2)8-11(3)18(5)15-17-12(4)14(19-15)9-16-13-6-7-13/h10-11,13,16H,6-9H2,1-5H3. The van der Waals surface area contributed by atoms with E-state index < -0.39 is 0 Å². The summed E-state index contributed by atoms with van der Waals surface area (Å²) >= 11 is 1.85. The zero-order chi connectivity index (χ0) is 14.0. The number of thiazole rings is 1. The third kappa shape index (κ3) is 4.18. The van der Waals surface area contributed by atoms with Crippen LogP contribution in [0.1, 0.15) is 50.6 Å². The van der Waals surface area contributed by atoms with Crippen LogP contribution in [-0.4, -0.2) is 24.1 Å². The van der Waals surface area contributed by atoms with Crippen LogP contribution in [0, 0.1) is 12.8 Å². The van der Waals surface area contributed by atoms with Gasteiger partial charge in [-0.3, -0.25) is 0 Å². The van der Waals surface area contributed by atoms with Crippen molar-refractivity contribution in [2.75, 3.05) is 11.9 Å². The molecular formula is C15H27N3S. The topological polar surface area (TPSA) is 28.2 Å². The molecule has 1 fully saturated rings. The third-order valence-corrected chi connectivity index (χ3v) is 5.03. The number of nitrogens with one attached hydrogen (secondary N) is 1. The Kier molecular flexibility index (Phi) is 4.85. The second kappa shape index (κ2) is 6.23. The molecule has 2 rings (SSSR count). The third-order valence-electron chi connectivity index (χ3n) is 3.79. The van der Waals surface area contributed by atoms with Crippen LogP contribution in [-0.2, 0) is 6.54 Å². The molecule has 0 spiro atoms. The van der Waals surface area contributed by atoms with Crippen molar-refractivity contribution in [1.82, 2.24) is 10.3 Å². The second-order valence-corrected chi connectivity index (χ2v) is 7.31. The number of aryl methyl sites for hydroxylation is 1. The van der Waals surface area contributed by atoms with E-state index in [0.717, 1.165) is 18.5 Å². The van der Waals surface area contributed by atoms with Gasteiger partial charge in [-0.1, -0.05) is 13.8 Å². The summed E-state index contributed by atoms with van der Waals surface area (Å²) in [5, 5.41) is 4.74. The van der Waals surface area contributed by atoms with Crippen molar-refractivity contribution in [2.45, 2.75) is 65.6 Å². The number of nitrogens with zero attached hydrogens (tertiary/aromatic N) is 2. The predicted molar refractivity (Wildman–Crippen MR) is 84.0 cm³/mol. The lowest BCUT2D eigenvalue weighted by atomic mass is 10.0. The summed E-state index contributed by atoms with van der Waals surface area (Å²) in [4.78, 5) is 8.47. The minimum Gasteiger partial charge on any atom is -0.348 e. The molecule has 1 aliphatic rings. The molecule has 4 heteroatoms. The van der Waals surface area contributed by atoms with Gasteiger partial charge in [0, 0.05) is 30.6 Å². The first-order valence-corrected chi connectivity index (χ1v) is 8.21. The molecule has 0 aliphatic heterocycles. The normalized spacial score (nSPS) is 16.9. The fourth-order valence-electron chi connectivity index (χ4n) is 2.28. The zero-order valence-corrected chi connectivity index (χ0v) is 13.7. The monoisotopic (exact) mass is 281 g/mol. The van der Waals surface area contributed by atoms with Gasteiger partial charge >= 0.3 is 0 Å². The molecule has 1 aromatic rings.